The Morgan fingerprint density at radius 3 is 1.82 bits per heavy atom. The highest BCUT2D eigenvalue weighted by Crippen LogP contribution is 2.22. The normalized spacial score (nSPS) is 12.4. The second-order valence-corrected chi connectivity index (χ2v) is 12.0. The van der Waals surface area contributed by atoms with Gasteiger partial charge in [0.05, 0.1) is 33.1 Å². The van der Waals surface area contributed by atoms with Crippen LogP contribution in [0.5, 0.6) is 11.5 Å². The van der Waals surface area contributed by atoms with Crippen molar-refractivity contribution >= 4 is 20.0 Å². The van der Waals surface area contributed by atoms with E-state index in [2.05, 4.69) is 15.3 Å². The molecule has 0 saturated heterocycles. The maximum Gasteiger partial charge on any atom is 0.260 e. The number of aliphatic hydroxyl groups is 1. The molecule has 0 spiro atoms. The number of nitrogens with two attached hydrogens (primary N) is 1. The number of aromatic nitrogens is 4. The lowest BCUT2D eigenvalue weighted by molar-refractivity contribution is 0.228. The monoisotopic (exact) mass is 592 g/mol. The Labute approximate surface area is 233 Å². The first-order chi connectivity index (χ1) is 19.0. The Balaban J connectivity index is 0.000000285. The fourth-order valence-corrected chi connectivity index (χ4v) is 5.20. The van der Waals surface area contributed by atoms with Crippen molar-refractivity contribution in [3.05, 3.63) is 84.2 Å². The van der Waals surface area contributed by atoms with E-state index < -0.39 is 20.0 Å². The molecule has 0 amide bonds. The van der Waals surface area contributed by atoms with Crippen molar-refractivity contribution < 1.29 is 31.4 Å². The van der Waals surface area contributed by atoms with Gasteiger partial charge < -0.3 is 14.6 Å². The first-order valence-electron chi connectivity index (χ1n) is 11.9. The van der Waals surface area contributed by atoms with Crippen LogP contribution in [0.2, 0.25) is 0 Å². The average molecular weight is 593 g/mol. The summed E-state index contributed by atoms with van der Waals surface area (Å²) in [4.78, 5) is 0. The van der Waals surface area contributed by atoms with Crippen LogP contribution in [0.25, 0.3) is 0 Å². The fourth-order valence-electron chi connectivity index (χ4n) is 3.42. The Morgan fingerprint density at radius 1 is 0.925 bits per heavy atom. The van der Waals surface area contributed by atoms with Crippen LogP contribution in [0.4, 0.5) is 0 Å². The third-order valence-corrected chi connectivity index (χ3v) is 8.24. The number of methoxy groups -OCH3 is 2. The minimum Gasteiger partial charge on any atom is -0.497 e. The number of hydrogen-bond acceptors (Lipinski definition) is 9. The first kappa shape index (κ1) is 30.8. The van der Waals surface area contributed by atoms with Crippen LogP contribution in [0.15, 0.2) is 83.1 Å². The van der Waals surface area contributed by atoms with Crippen LogP contribution in [0, 0.1) is 0 Å². The lowest BCUT2D eigenvalue weighted by atomic mass is 10.2. The zero-order valence-electron chi connectivity index (χ0n) is 22.2. The standard InChI is InChI=1S/C19H21N3O4S.C6H11N3O3S/c1-25-17-7-3-15(4-8-17)13-22(27(23,24)19-11-12-20-21-19)14-16-5-9-18(26-2)10-6-16;1-5(4-10)9-3-2-6(8-9)13(7,11)12/h3-12H,13-14H2,1-2H3,(H,20,21);2-3,5,10H,4H2,1H3,(H2,7,11,12)/t;5-/m.0/s1. The van der Waals surface area contributed by atoms with Gasteiger partial charge in [0.1, 0.15) is 11.5 Å². The fraction of sp³-hybridized carbons (Fsp3) is 0.280. The van der Waals surface area contributed by atoms with E-state index in [0.717, 1.165) is 22.6 Å². The number of sulfonamides is 2. The zero-order chi connectivity index (χ0) is 29.3. The summed E-state index contributed by atoms with van der Waals surface area (Å²) in [5.41, 5.74) is 1.71. The Hall–Kier alpha value is -3.76. The van der Waals surface area contributed by atoms with Gasteiger partial charge in [0.25, 0.3) is 20.0 Å². The van der Waals surface area contributed by atoms with E-state index in [0.29, 0.717) is 0 Å². The van der Waals surface area contributed by atoms with Crippen LogP contribution in [-0.4, -0.2) is 67.1 Å². The van der Waals surface area contributed by atoms with Crippen molar-refractivity contribution in [1.29, 1.82) is 0 Å². The molecule has 2 aromatic heterocycles. The highest BCUT2D eigenvalue weighted by Gasteiger charge is 2.26. The molecule has 0 fully saturated rings. The van der Waals surface area contributed by atoms with Crippen molar-refractivity contribution in [2.45, 2.75) is 36.1 Å². The first-order valence-corrected chi connectivity index (χ1v) is 14.9. The maximum absolute atomic E-state index is 13.1. The number of nitrogens with zero attached hydrogens (tertiary/aromatic N) is 4. The van der Waals surface area contributed by atoms with E-state index in [1.807, 2.05) is 48.5 Å². The van der Waals surface area contributed by atoms with Crippen molar-refractivity contribution in [1.82, 2.24) is 24.3 Å². The van der Waals surface area contributed by atoms with Gasteiger partial charge in [-0.3, -0.25) is 9.78 Å². The maximum atomic E-state index is 13.1. The van der Waals surface area contributed by atoms with Crippen LogP contribution in [0.3, 0.4) is 0 Å². The van der Waals surface area contributed by atoms with Crippen molar-refractivity contribution in [2.75, 3.05) is 20.8 Å². The number of hydrogen-bond donors (Lipinski definition) is 3. The summed E-state index contributed by atoms with van der Waals surface area (Å²) in [6.45, 7) is 2.04. The molecular weight excluding hydrogens is 560 g/mol. The molecular formula is C25H32N6O7S2. The number of aliphatic hydroxyl groups excluding tert-OH is 1. The van der Waals surface area contributed by atoms with Crippen LogP contribution < -0.4 is 14.6 Å². The van der Waals surface area contributed by atoms with Crippen molar-refractivity contribution in [3.8, 4) is 11.5 Å². The van der Waals surface area contributed by atoms with E-state index in [4.69, 9.17) is 19.7 Å². The van der Waals surface area contributed by atoms with Gasteiger partial charge >= 0.3 is 0 Å². The van der Waals surface area contributed by atoms with Gasteiger partial charge in [0, 0.05) is 19.3 Å². The lowest BCUT2D eigenvalue weighted by Gasteiger charge is -2.22. The number of rotatable bonds is 11. The minimum absolute atomic E-state index is 0.0597. The van der Waals surface area contributed by atoms with Gasteiger partial charge in [0.2, 0.25) is 0 Å². The number of ether oxygens (including phenoxy) is 2. The predicted molar refractivity (Wildman–Crippen MR) is 146 cm³/mol. The molecule has 0 bridgehead atoms. The molecule has 216 valence electrons. The summed E-state index contributed by atoms with van der Waals surface area (Å²) >= 11 is 0. The van der Waals surface area contributed by atoms with Gasteiger partial charge in [0.15, 0.2) is 10.1 Å². The van der Waals surface area contributed by atoms with Gasteiger partial charge in [-0.2, -0.15) is 14.5 Å². The molecule has 13 nitrogen and oxygen atoms in total. The van der Waals surface area contributed by atoms with Crippen molar-refractivity contribution in [2.24, 2.45) is 5.14 Å². The van der Waals surface area contributed by atoms with Gasteiger partial charge in [-0.05, 0) is 54.4 Å². The van der Waals surface area contributed by atoms with E-state index >= 15 is 0 Å². The molecule has 0 unspecified atom stereocenters. The van der Waals surface area contributed by atoms with Crippen LogP contribution in [-0.2, 0) is 33.1 Å². The van der Waals surface area contributed by atoms with E-state index in [9.17, 15) is 16.8 Å². The molecule has 4 aromatic rings. The third kappa shape index (κ3) is 8.12. The molecule has 0 radical (unpaired) electrons. The highest BCUT2D eigenvalue weighted by molar-refractivity contribution is 7.89. The number of primary sulfonamides is 1. The molecule has 2 aromatic carbocycles. The zero-order valence-corrected chi connectivity index (χ0v) is 23.8. The minimum atomic E-state index is -3.74. The van der Waals surface area contributed by atoms with Gasteiger partial charge in [-0.1, -0.05) is 24.3 Å². The summed E-state index contributed by atoms with van der Waals surface area (Å²) < 4.78 is 60.8. The topological polar surface area (TPSA) is 183 Å². The molecule has 0 aliphatic heterocycles. The molecule has 2 heterocycles. The Kier molecular flexibility index (Phi) is 10.4. The summed E-state index contributed by atoms with van der Waals surface area (Å²) in [5.74, 6) is 1.44. The van der Waals surface area contributed by atoms with Gasteiger partial charge in [-0.15, -0.1) is 0 Å². The molecule has 0 aliphatic rings. The Bertz CT molecular complexity index is 1510. The second kappa shape index (κ2) is 13.5. The number of aromatic amines is 1. The predicted octanol–water partition coefficient (Wildman–Crippen LogP) is 1.90. The number of benzene rings is 2. The molecule has 0 saturated carbocycles. The van der Waals surface area contributed by atoms with E-state index in [-0.39, 0.29) is 35.8 Å². The molecule has 0 aliphatic carbocycles. The van der Waals surface area contributed by atoms with Gasteiger partial charge in [-0.25, -0.2) is 22.0 Å². The molecule has 15 heteroatoms. The van der Waals surface area contributed by atoms with Crippen LogP contribution in [0.1, 0.15) is 24.1 Å². The summed E-state index contributed by atoms with van der Waals surface area (Å²) in [5, 5.41) is 23.5. The largest absolute Gasteiger partial charge is 0.497 e. The SMILES string of the molecule is COc1ccc(CN(Cc2ccc(OC)cc2)S(=O)(=O)c2ccn[nH]2)cc1.C[C@@H](CO)n1ccc(S(N)(=O)=O)n1. The second-order valence-electron chi connectivity index (χ2n) is 8.60. The summed E-state index contributed by atoms with van der Waals surface area (Å²) in [6.07, 6.45) is 2.88. The average Bonchev–Trinajstić information content (AvgIpc) is 3.67. The quantitative estimate of drug-likeness (QED) is 0.234. The Morgan fingerprint density at radius 2 is 1.45 bits per heavy atom. The molecule has 40 heavy (non-hydrogen) atoms. The lowest BCUT2D eigenvalue weighted by Crippen LogP contribution is -2.30. The summed E-state index contributed by atoms with van der Waals surface area (Å²) in [6, 6.07) is 17.1. The van der Waals surface area contributed by atoms with E-state index in [1.54, 1.807) is 21.1 Å². The third-order valence-electron chi connectivity index (χ3n) is 5.72. The number of nitrogens with one attached hydrogen (secondary N) is 1. The molecule has 1 atom stereocenters. The van der Waals surface area contributed by atoms with Crippen LogP contribution >= 0.6 is 0 Å². The molecule has 4 N–H and O–H groups in total. The molecule has 4 rings (SSSR count). The summed E-state index contributed by atoms with van der Waals surface area (Å²) in [7, 11) is -4.29. The van der Waals surface area contributed by atoms with E-state index in [1.165, 1.54) is 33.5 Å². The number of H-pyrrole nitrogens is 1. The smallest absolute Gasteiger partial charge is 0.260 e. The van der Waals surface area contributed by atoms with Crippen molar-refractivity contribution in [3.63, 3.8) is 0 Å². The highest BCUT2D eigenvalue weighted by atomic mass is 32.2.